The van der Waals surface area contributed by atoms with Gasteiger partial charge in [-0.15, -0.1) is 11.3 Å². The van der Waals surface area contributed by atoms with Crippen LogP contribution in [0.5, 0.6) is 0 Å². The quantitative estimate of drug-likeness (QED) is 0.883. The Labute approximate surface area is 110 Å². The van der Waals surface area contributed by atoms with Gasteiger partial charge in [0.05, 0.1) is 5.69 Å². The molecule has 1 fully saturated rings. The fourth-order valence-electron chi connectivity index (χ4n) is 3.04. The van der Waals surface area contributed by atoms with Gasteiger partial charge in [0, 0.05) is 10.9 Å². The van der Waals surface area contributed by atoms with Crippen molar-refractivity contribution in [2.75, 3.05) is 5.32 Å². The van der Waals surface area contributed by atoms with E-state index in [1.54, 1.807) is 11.3 Å². The third-order valence-corrected chi connectivity index (χ3v) is 5.10. The van der Waals surface area contributed by atoms with E-state index >= 15 is 0 Å². The first-order chi connectivity index (χ1) is 8.63. The van der Waals surface area contributed by atoms with Crippen LogP contribution in [0.2, 0.25) is 0 Å². The second kappa shape index (κ2) is 4.53. The summed E-state index contributed by atoms with van der Waals surface area (Å²) in [6, 6.07) is 0.523. The van der Waals surface area contributed by atoms with E-state index < -0.39 is 5.97 Å². The summed E-state index contributed by atoms with van der Waals surface area (Å²) in [6.45, 7) is 2.28. The van der Waals surface area contributed by atoms with Gasteiger partial charge in [0.1, 0.15) is 5.92 Å². The number of rotatable bonds is 3. The summed E-state index contributed by atoms with van der Waals surface area (Å²) in [4.78, 5) is 16.8. The summed E-state index contributed by atoms with van der Waals surface area (Å²) in [7, 11) is 0. The number of aliphatic carboxylic acids is 1. The van der Waals surface area contributed by atoms with E-state index in [-0.39, 0.29) is 5.92 Å². The van der Waals surface area contributed by atoms with Gasteiger partial charge >= 0.3 is 5.97 Å². The van der Waals surface area contributed by atoms with Crippen molar-refractivity contribution >= 4 is 22.4 Å². The van der Waals surface area contributed by atoms with Crippen LogP contribution in [0.1, 0.15) is 49.1 Å². The van der Waals surface area contributed by atoms with Crippen LogP contribution in [0.25, 0.3) is 0 Å². The Balaban J connectivity index is 1.72. The van der Waals surface area contributed by atoms with Crippen molar-refractivity contribution in [1.29, 1.82) is 0 Å². The van der Waals surface area contributed by atoms with E-state index in [4.69, 9.17) is 5.11 Å². The van der Waals surface area contributed by atoms with Crippen molar-refractivity contribution < 1.29 is 9.90 Å². The molecule has 1 aromatic rings. The average Bonchev–Trinajstić information content (AvgIpc) is 2.93. The Morgan fingerprint density at radius 1 is 1.44 bits per heavy atom. The van der Waals surface area contributed by atoms with Gasteiger partial charge < -0.3 is 10.4 Å². The zero-order valence-corrected chi connectivity index (χ0v) is 11.3. The number of aryl methyl sites for hydroxylation is 1. The fourth-order valence-corrected chi connectivity index (χ4v) is 4.16. The lowest BCUT2D eigenvalue weighted by Gasteiger charge is -2.11. The number of fused-ring (bicyclic) bond motifs is 1. The number of hydrogen-bond acceptors (Lipinski definition) is 4. The second-order valence-corrected chi connectivity index (χ2v) is 6.60. The SMILES string of the molecule is CC1CCC(Nc2nc3c(s2)CCC3C(=O)O)C1. The normalized spacial score (nSPS) is 30.4. The van der Waals surface area contributed by atoms with Gasteiger partial charge in [-0.25, -0.2) is 4.98 Å². The van der Waals surface area contributed by atoms with E-state index in [2.05, 4.69) is 17.2 Å². The van der Waals surface area contributed by atoms with Crippen LogP contribution in [0.15, 0.2) is 0 Å². The first-order valence-electron chi connectivity index (χ1n) is 6.62. The Morgan fingerprint density at radius 2 is 2.28 bits per heavy atom. The van der Waals surface area contributed by atoms with Gasteiger partial charge in [0.2, 0.25) is 0 Å². The van der Waals surface area contributed by atoms with Gasteiger partial charge in [-0.05, 0) is 38.0 Å². The minimum atomic E-state index is -0.736. The third kappa shape index (κ3) is 2.11. The number of aromatic nitrogens is 1. The molecule has 3 rings (SSSR count). The molecule has 18 heavy (non-hydrogen) atoms. The van der Waals surface area contributed by atoms with Crippen molar-refractivity contribution in [3.63, 3.8) is 0 Å². The highest BCUT2D eigenvalue weighted by Crippen LogP contribution is 2.39. The molecule has 1 saturated carbocycles. The van der Waals surface area contributed by atoms with Crippen LogP contribution in [-0.4, -0.2) is 22.1 Å². The van der Waals surface area contributed by atoms with Crippen LogP contribution < -0.4 is 5.32 Å². The molecule has 0 aromatic carbocycles. The molecule has 0 saturated heterocycles. The minimum absolute atomic E-state index is 0.380. The summed E-state index contributed by atoms with van der Waals surface area (Å²) in [5, 5.41) is 13.5. The summed E-state index contributed by atoms with van der Waals surface area (Å²) in [5.74, 6) is -0.324. The Hall–Kier alpha value is -1.10. The molecule has 1 heterocycles. The standard InChI is InChI=1S/C13H18N2O2S/c1-7-2-3-8(6-7)14-13-15-11-9(12(16)17)4-5-10(11)18-13/h7-9H,2-6H2,1H3,(H,14,15)(H,16,17). The molecule has 3 atom stereocenters. The lowest BCUT2D eigenvalue weighted by molar-refractivity contribution is -0.138. The van der Waals surface area contributed by atoms with Crippen LogP contribution in [-0.2, 0) is 11.2 Å². The molecule has 3 unspecified atom stereocenters. The molecule has 0 spiro atoms. The summed E-state index contributed by atoms with van der Waals surface area (Å²) in [5.41, 5.74) is 0.807. The maximum Gasteiger partial charge on any atom is 0.312 e. The van der Waals surface area contributed by atoms with Crippen molar-refractivity contribution in [1.82, 2.24) is 4.98 Å². The molecular formula is C13H18N2O2S. The van der Waals surface area contributed by atoms with Gasteiger partial charge in [0.15, 0.2) is 5.13 Å². The molecule has 0 amide bonds. The summed E-state index contributed by atoms with van der Waals surface area (Å²) >= 11 is 1.65. The van der Waals surface area contributed by atoms with Crippen molar-refractivity contribution in [3.05, 3.63) is 10.6 Å². The Kier molecular flexibility index (Phi) is 3.01. The minimum Gasteiger partial charge on any atom is -0.481 e. The zero-order chi connectivity index (χ0) is 12.7. The molecule has 98 valence electrons. The predicted octanol–water partition coefficient (Wildman–Crippen LogP) is 2.86. The monoisotopic (exact) mass is 266 g/mol. The van der Waals surface area contributed by atoms with Crippen LogP contribution in [0.3, 0.4) is 0 Å². The Bertz CT molecular complexity index is 472. The first kappa shape index (κ1) is 12.0. The predicted molar refractivity (Wildman–Crippen MR) is 71.2 cm³/mol. The Morgan fingerprint density at radius 3 is 2.94 bits per heavy atom. The van der Waals surface area contributed by atoms with Crippen molar-refractivity contribution in [3.8, 4) is 0 Å². The molecule has 4 nitrogen and oxygen atoms in total. The number of anilines is 1. The summed E-state index contributed by atoms with van der Waals surface area (Å²) in [6.07, 6.45) is 5.26. The highest BCUT2D eigenvalue weighted by molar-refractivity contribution is 7.15. The lowest BCUT2D eigenvalue weighted by atomic mass is 10.1. The molecule has 0 bridgehead atoms. The number of carboxylic acid groups (broad SMARTS) is 1. The van der Waals surface area contributed by atoms with Crippen molar-refractivity contribution in [2.45, 2.75) is 51.0 Å². The van der Waals surface area contributed by atoms with E-state index in [1.165, 1.54) is 19.3 Å². The van der Waals surface area contributed by atoms with Gasteiger partial charge in [0.25, 0.3) is 0 Å². The number of hydrogen-bond donors (Lipinski definition) is 2. The van der Waals surface area contributed by atoms with E-state index in [0.29, 0.717) is 12.5 Å². The van der Waals surface area contributed by atoms with Gasteiger partial charge in [-0.3, -0.25) is 4.79 Å². The highest BCUT2D eigenvalue weighted by Gasteiger charge is 2.33. The lowest BCUT2D eigenvalue weighted by Crippen LogP contribution is -2.15. The molecule has 1 aromatic heterocycles. The number of nitrogens with zero attached hydrogens (tertiary/aromatic N) is 1. The molecule has 2 N–H and O–H groups in total. The molecule has 0 aliphatic heterocycles. The fraction of sp³-hybridized carbons (Fsp3) is 0.692. The smallest absolute Gasteiger partial charge is 0.312 e. The van der Waals surface area contributed by atoms with E-state index in [9.17, 15) is 4.79 Å². The molecule has 2 aliphatic rings. The van der Waals surface area contributed by atoms with Crippen LogP contribution in [0, 0.1) is 5.92 Å². The summed E-state index contributed by atoms with van der Waals surface area (Å²) < 4.78 is 0. The van der Waals surface area contributed by atoms with Crippen LogP contribution in [0.4, 0.5) is 5.13 Å². The van der Waals surface area contributed by atoms with Gasteiger partial charge in [-0.1, -0.05) is 6.92 Å². The maximum absolute atomic E-state index is 11.1. The molecule has 0 radical (unpaired) electrons. The van der Waals surface area contributed by atoms with E-state index in [0.717, 1.165) is 28.0 Å². The average molecular weight is 266 g/mol. The van der Waals surface area contributed by atoms with Crippen LogP contribution >= 0.6 is 11.3 Å². The van der Waals surface area contributed by atoms with E-state index in [1.807, 2.05) is 0 Å². The van der Waals surface area contributed by atoms with Gasteiger partial charge in [-0.2, -0.15) is 0 Å². The number of carbonyl (C=O) groups is 1. The number of thiazole rings is 1. The first-order valence-corrected chi connectivity index (χ1v) is 7.44. The molecule has 5 heteroatoms. The molecule has 2 aliphatic carbocycles. The molecular weight excluding hydrogens is 248 g/mol. The van der Waals surface area contributed by atoms with Crippen molar-refractivity contribution in [2.24, 2.45) is 5.92 Å². The number of carboxylic acids is 1. The second-order valence-electron chi connectivity index (χ2n) is 5.52. The highest BCUT2D eigenvalue weighted by atomic mass is 32.1. The largest absolute Gasteiger partial charge is 0.481 e. The number of nitrogens with one attached hydrogen (secondary N) is 1. The topological polar surface area (TPSA) is 62.2 Å². The maximum atomic E-state index is 11.1. The zero-order valence-electron chi connectivity index (χ0n) is 10.5. The third-order valence-electron chi connectivity index (χ3n) is 4.04.